The molecule has 4 heterocycles. The molecule has 1 aromatic carbocycles. The molecule has 1 saturated heterocycles. The number of fused-ring (bicyclic) bond motifs is 1. The molecule has 2 aromatic heterocycles. The minimum Gasteiger partial charge on any atom is -0.453 e. The van der Waals surface area contributed by atoms with Gasteiger partial charge in [0.15, 0.2) is 11.6 Å². The smallest absolute Gasteiger partial charge is 0.319 e. The molecule has 0 unspecified atom stereocenters. The molecule has 1 saturated carbocycles. The molecule has 2 N–H and O–H groups in total. The fraction of sp³-hybridized carbons (Fsp3) is 0.333. The van der Waals surface area contributed by atoms with Gasteiger partial charge in [0.05, 0.1) is 23.3 Å². The molecule has 1 aliphatic carbocycles. The molecular formula is C27H26FN5O3S. The SMILES string of the molecule is O=C(Nc1ccc(Oc2ccnc3cc(C4=CCC(CN5CCCC5=O)=NC4)sc23)c(F)c1)NC1CC1. The van der Waals surface area contributed by atoms with Crippen molar-refractivity contribution in [1.82, 2.24) is 15.2 Å². The highest BCUT2D eigenvalue weighted by Crippen LogP contribution is 2.39. The third-order valence-electron chi connectivity index (χ3n) is 6.62. The number of aliphatic imine (C=N–C) groups is 1. The molecule has 2 aliphatic heterocycles. The van der Waals surface area contributed by atoms with Crippen molar-refractivity contribution in [2.45, 2.75) is 38.1 Å². The summed E-state index contributed by atoms with van der Waals surface area (Å²) in [4.78, 5) is 36.0. The van der Waals surface area contributed by atoms with Gasteiger partial charge < -0.3 is 20.3 Å². The van der Waals surface area contributed by atoms with E-state index in [1.807, 2.05) is 11.0 Å². The van der Waals surface area contributed by atoms with E-state index in [1.54, 1.807) is 18.3 Å². The monoisotopic (exact) mass is 519 g/mol. The van der Waals surface area contributed by atoms with Gasteiger partial charge in [0, 0.05) is 60.0 Å². The van der Waals surface area contributed by atoms with E-state index >= 15 is 0 Å². The number of anilines is 1. The molecule has 2 fully saturated rings. The Morgan fingerprint density at radius 1 is 1.22 bits per heavy atom. The van der Waals surface area contributed by atoms with Gasteiger partial charge in [-0.3, -0.25) is 14.8 Å². The second kappa shape index (κ2) is 9.93. The van der Waals surface area contributed by atoms with E-state index in [9.17, 15) is 14.0 Å². The molecule has 190 valence electrons. The molecule has 0 bridgehead atoms. The van der Waals surface area contributed by atoms with Crippen LogP contribution in [-0.4, -0.2) is 53.2 Å². The highest BCUT2D eigenvalue weighted by atomic mass is 32.1. The Morgan fingerprint density at radius 2 is 2.11 bits per heavy atom. The number of rotatable bonds is 7. The summed E-state index contributed by atoms with van der Waals surface area (Å²) in [5.74, 6) is 0.222. The number of dihydropyridines is 1. The Bertz CT molecular complexity index is 1450. The number of amides is 3. The number of carbonyl (C=O) groups excluding carboxylic acids is 2. The number of nitrogens with one attached hydrogen (secondary N) is 2. The summed E-state index contributed by atoms with van der Waals surface area (Å²) < 4.78 is 21.6. The van der Waals surface area contributed by atoms with Crippen molar-refractivity contribution >= 4 is 50.5 Å². The average Bonchev–Trinajstić information content (AvgIpc) is 3.43. The zero-order chi connectivity index (χ0) is 25.4. The lowest BCUT2D eigenvalue weighted by Crippen LogP contribution is -2.31. The molecule has 8 nitrogen and oxygen atoms in total. The van der Waals surface area contributed by atoms with Crippen molar-refractivity contribution < 1.29 is 18.7 Å². The van der Waals surface area contributed by atoms with Crippen LogP contribution in [0.25, 0.3) is 15.8 Å². The quantitative estimate of drug-likeness (QED) is 0.439. The molecule has 3 amide bonds. The van der Waals surface area contributed by atoms with Crippen LogP contribution in [0.3, 0.4) is 0 Å². The van der Waals surface area contributed by atoms with Crippen molar-refractivity contribution in [3.05, 3.63) is 53.3 Å². The number of halogens is 1. The normalized spacial score (nSPS) is 17.5. The first-order valence-corrected chi connectivity index (χ1v) is 13.3. The molecule has 6 rings (SSSR count). The van der Waals surface area contributed by atoms with Gasteiger partial charge in [-0.2, -0.15) is 0 Å². The fourth-order valence-electron chi connectivity index (χ4n) is 4.47. The maximum absolute atomic E-state index is 14.8. The second-order valence-corrected chi connectivity index (χ2v) is 10.5. The largest absolute Gasteiger partial charge is 0.453 e. The van der Waals surface area contributed by atoms with E-state index in [0.717, 1.165) is 52.2 Å². The summed E-state index contributed by atoms with van der Waals surface area (Å²) >= 11 is 1.54. The molecule has 10 heteroatoms. The van der Waals surface area contributed by atoms with Crippen LogP contribution in [0.1, 0.15) is 37.0 Å². The third kappa shape index (κ3) is 5.34. The lowest BCUT2D eigenvalue weighted by atomic mass is 10.1. The van der Waals surface area contributed by atoms with Gasteiger partial charge >= 0.3 is 6.03 Å². The van der Waals surface area contributed by atoms with Crippen LogP contribution >= 0.6 is 11.3 Å². The zero-order valence-electron chi connectivity index (χ0n) is 20.1. The number of urea groups is 1. The summed E-state index contributed by atoms with van der Waals surface area (Å²) in [6, 6.07) is 7.97. The highest BCUT2D eigenvalue weighted by Gasteiger charge is 2.24. The number of pyridine rings is 1. The van der Waals surface area contributed by atoms with Crippen molar-refractivity contribution in [1.29, 1.82) is 0 Å². The molecule has 0 radical (unpaired) electrons. The number of carbonyl (C=O) groups is 2. The number of likely N-dealkylation sites (tertiary alicyclic amines) is 1. The maximum Gasteiger partial charge on any atom is 0.319 e. The summed E-state index contributed by atoms with van der Waals surface area (Å²) in [6.45, 7) is 1.98. The van der Waals surface area contributed by atoms with Gasteiger partial charge in [-0.15, -0.1) is 11.3 Å². The summed E-state index contributed by atoms with van der Waals surface area (Å²) in [5, 5.41) is 5.46. The molecule has 37 heavy (non-hydrogen) atoms. The number of benzene rings is 1. The predicted octanol–water partition coefficient (Wildman–Crippen LogP) is 5.36. The standard InChI is InChI=1S/C27H26FN5O3S/c28-20-12-18(32-27(35)31-17-5-6-17)7-8-22(20)36-23-9-10-29-21-13-24(37-26(21)23)16-3-4-19(30-14-16)15-33-11-1-2-25(33)34/h3,7-10,12-13,17H,1-2,4-6,11,14-15H2,(H2,31,32,35). The van der Waals surface area contributed by atoms with Gasteiger partial charge in [0.25, 0.3) is 0 Å². The summed E-state index contributed by atoms with van der Waals surface area (Å²) in [6.07, 6.45) is 8.04. The Labute approximate surface area is 217 Å². The van der Waals surface area contributed by atoms with E-state index < -0.39 is 5.82 Å². The number of nitrogens with zero attached hydrogens (tertiary/aromatic N) is 3. The first-order chi connectivity index (χ1) is 18.0. The first kappa shape index (κ1) is 23.6. The topological polar surface area (TPSA) is 95.9 Å². The van der Waals surface area contributed by atoms with Crippen LogP contribution in [0.15, 0.2) is 47.6 Å². The van der Waals surface area contributed by atoms with Gasteiger partial charge in [0.1, 0.15) is 5.75 Å². The summed E-state index contributed by atoms with van der Waals surface area (Å²) in [7, 11) is 0. The number of ether oxygens (including phenoxy) is 1. The zero-order valence-corrected chi connectivity index (χ0v) is 20.9. The number of aromatic nitrogens is 1. The first-order valence-electron chi connectivity index (χ1n) is 12.4. The van der Waals surface area contributed by atoms with E-state index in [2.05, 4.69) is 21.7 Å². The van der Waals surface area contributed by atoms with Crippen LogP contribution in [-0.2, 0) is 4.79 Å². The van der Waals surface area contributed by atoms with E-state index in [4.69, 9.17) is 9.73 Å². The Morgan fingerprint density at radius 3 is 2.84 bits per heavy atom. The predicted molar refractivity (Wildman–Crippen MR) is 142 cm³/mol. The van der Waals surface area contributed by atoms with E-state index in [-0.39, 0.29) is 23.7 Å². The van der Waals surface area contributed by atoms with Gasteiger partial charge in [-0.05, 0) is 43.0 Å². The Hall–Kier alpha value is -3.79. The van der Waals surface area contributed by atoms with Crippen molar-refractivity contribution in [2.75, 3.05) is 25.0 Å². The van der Waals surface area contributed by atoms with Crippen LogP contribution in [0, 0.1) is 5.82 Å². The van der Waals surface area contributed by atoms with Crippen molar-refractivity contribution in [2.24, 2.45) is 4.99 Å². The lowest BCUT2D eigenvalue weighted by Gasteiger charge is -2.19. The Kier molecular flexibility index (Phi) is 6.33. The number of hydrogen-bond acceptors (Lipinski definition) is 6. The van der Waals surface area contributed by atoms with Crippen LogP contribution in [0.2, 0.25) is 0 Å². The lowest BCUT2D eigenvalue weighted by molar-refractivity contribution is -0.127. The van der Waals surface area contributed by atoms with E-state index in [0.29, 0.717) is 37.4 Å². The van der Waals surface area contributed by atoms with Crippen molar-refractivity contribution in [3.8, 4) is 11.5 Å². The average molecular weight is 520 g/mol. The molecule has 0 spiro atoms. The van der Waals surface area contributed by atoms with Gasteiger partial charge in [0.2, 0.25) is 5.91 Å². The van der Waals surface area contributed by atoms with Crippen molar-refractivity contribution in [3.63, 3.8) is 0 Å². The van der Waals surface area contributed by atoms with Gasteiger partial charge in [-0.25, -0.2) is 9.18 Å². The third-order valence-corrected chi connectivity index (χ3v) is 7.83. The molecule has 3 aliphatic rings. The number of thiophene rings is 1. The molecule has 0 atom stereocenters. The minimum atomic E-state index is -0.570. The van der Waals surface area contributed by atoms with Crippen LogP contribution < -0.4 is 15.4 Å². The minimum absolute atomic E-state index is 0.0678. The number of hydrogen-bond donors (Lipinski definition) is 2. The maximum atomic E-state index is 14.8. The molecular weight excluding hydrogens is 493 g/mol. The highest BCUT2D eigenvalue weighted by molar-refractivity contribution is 7.20. The molecule has 3 aromatic rings. The van der Waals surface area contributed by atoms with Crippen LogP contribution in [0.4, 0.5) is 14.9 Å². The number of allylic oxidation sites excluding steroid dienone is 1. The van der Waals surface area contributed by atoms with Crippen LogP contribution in [0.5, 0.6) is 11.5 Å². The van der Waals surface area contributed by atoms with E-state index in [1.165, 1.54) is 23.5 Å². The fourth-order valence-corrected chi connectivity index (χ4v) is 5.56. The summed E-state index contributed by atoms with van der Waals surface area (Å²) in [5.41, 5.74) is 3.27. The second-order valence-electron chi connectivity index (χ2n) is 9.49. The van der Waals surface area contributed by atoms with Gasteiger partial charge in [-0.1, -0.05) is 6.08 Å². The Balaban J connectivity index is 1.14.